The van der Waals surface area contributed by atoms with E-state index in [0.29, 0.717) is 12.5 Å². The normalized spacial score (nSPS) is 18.6. The molecule has 0 radical (unpaired) electrons. The predicted octanol–water partition coefficient (Wildman–Crippen LogP) is 2.70. The average Bonchev–Trinajstić information content (AvgIpc) is 3.29. The maximum Gasteiger partial charge on any atom is 0.350 e. The number of hydrogen-bond acceptors (Lipinski definition) is 5. The molecule has 1 aromatic heterocycles. The number of nitrogens with zero attached hydrogens (tertiary/aromatic N) is 1. The van der Waals surface area contributed by atoms with Gasteiger partial charge in [0.2, 0.25) is 0 Å². The number of aromatic nitrogens is 1. The van der Waals surface area contributed by atoms with Crippen LogP contribution in [0.3, 0.4) is 0 Å². The molecule has 1 aromatic rings. The summed E-state index contributed by atoms with van der Waals surface area (Å²) < 4.78 is 5.12. The zero-order chi connectivity index (χ0) is 13.2. The number of rotatable bonds is 7. The molecule has 0 bridgehead atoms. The molecule has 2 fully saturated rings. The minimum Gasteiger partial charge on any atom is -0.462 e. The third kappa shape index (κ3) is 3.34. The van der Waals surface area contributed by atoms with Crippen molar-refractivity contribution in [1.29, 1.82) is 0 Å². The first kappa shape index (κ1) is 13.1. The molecule has 2 aliphatic rings. The summed E-state index contributed by atoms with van der Waals surface area (Å²) in [5.41, 5.74) is 0.978. The molecule has 0 aromatic carbocycles. The highest BCUT2D eigenvalue weighted by molar-refractivity contribution is 7.13. The number of esters is 1. The van der Waals surface area contributed by atoms with Crippen LogP contribution in [0.2, 0.25) is 0 Å². The van der Waals surface area contributed by atoms with Gasteiger partial charge in [0.25, 0.3) is 0 Å². The van der Waals surface area contributed by atoms with Crippen molar-refractivity contribution in [3.8, 4) is 0 Å². The fourth-order valence-electron chi connectivity index (χ4n) is 2.14. The predicted molar refractivity (Wildman–Crippen MR) is 74.5 cm³/mol. The van der Waals surface area contributed by atoms with E-state index in [4.69, 9.17) is 4.74 Å². The van der Waals surface area contributed by atoms with Gasteiger partial charge in [0.1, 0.15) is 9.88 Å². The van der Waals surface area contributed by atoms with E-state index in [1.54, 1.807) is 0 Å². The lowest BCUT2D eigenvalue weighted by Gasteiger charge is -1.99. The molecule has 4 nitrogen and oxygen atoms in total. The van der Waals surface area contributed by atoms with Gasteiger partial charge in [-0.3, -0.25) is 0 Å². The highest BCUT2D eigenvalue weighted by Gasteiger charge is 2.32. The molecule has 1 heterocycles. The fourth-order valence-corrected chi connectivity index (χ4v) is 3.15. The summed E-state index contributed by atoms with van der Waals surface area (Å²) in [6, 6.07) is 0. The summed E-state index contributed by atoms with van der Waals surface area (Å²) in [4.78, 5) is 17.3. The maximum absolute atomic E-state index is 11.9. The maximum atomic E-state index is 11.9. The molecule has 0 atom stereocenters. The van der Waals surface area contributed by atoms with E-state index in [9.17, 15) is 4.79 Å². The Morgan fingerprint density at radius 2 is 2.21 bits per heavy atom. The number of hydrogen-bond donors (Lipinski definition) is 1. The molecule has 0 amide bonds. The van der Waals surface area contributed by atoms with E-state index in [2.05, 4.69) is 10.3 Å². The van der Waals surface area contributed by atoms with Crippen molar-refractivity contribution < 1.29 is 9.53 Å². The lowest BCUT2D eigenvalue weighted by molar-refractivity contribution is 0.0530. The van der Waals surface area contributed by atoms with Crippen molar-refractivity contribution in [2.24, 2.45) is 5.92 Å². The molecule has 0 aliphatic heterocycles. The van der Waals surface area contributed by atoms with Crippen molar-refractivity contribution in [2.45, 2.75) is 45.1 Å². The lowest BCUT2D eigenvalue weighted by atomic mass is 10.2. The summed E-state index contributed by atoms with van der Waals surface area (Å²) in [6.07, 6.45) is 5.02. The zero-order valence-electron chi connectivity index (χ0n) is 11.3. The Hall–Kier alpha value is -0.940. The van der Waals surface area contributed by atoms with Crippen LogP contribution in [0.5, 0.6) is 0 Å². The largest absolute Gasteiger partial charge is 0.462 e. The minimum atomic E-state index is -0.199. The molecule has 0 spiro atoms. The van der Waals surface area contributed by atoms with E-state index in [0.717, 1.165) is 47.4 Å². The van der Waals surface area contributed by atoms with Crippen LogP contribution in [0.25, 0.3) is 0 Å². The number of nitrogens with one attached hydrogen (secondary N) is 1. The highest BCUT2D eigenvalue weighted by atomic mass is 32.1. The van der Waals surface area contributed by atoms with Gasteiger partial charge in [-0.25, -0.2) is 9.78 Å². The third-order valence-electron chi connectivity index (χ3n) is 3.53. The van der Waals surface area contributed by atoms with Gasteiger partial charge in [0, 0.05) is 12.5 Å². The topological polar surface area (TPSA) is 51.2 Å². The molecule has 3 rings (SSSR count). The van der Waals surface area contributed by atoms with Crippen molar-refractivity contribution in [3.63, 3.8) is 0 Å². The van der Waals surface area contributed by atoms with Gasteiger partial charge in [-0.1, -0.05) is 0 Å². The molecule has 19 heavy (non-hydrogen) atoms. The minimum absolute atomic E-state index is 0.199. The van der Waals surface area contributed by atoms with Gasteiger partial charge < -0.3 is 10.1 Å². The van der Waals surface area contributed by atoms with Gasteiger partial charge in [0.15, 0.2) is 0 Å². The van der Waals surface area contributed by atoms with Gasteiger partial charge in [-0.15, -0.1) is 11.3 Å². The molecular formula is C14H20N2O2S. The van der Waals surface area contributed by atoms with Gasteiger partial charge in [-0.2, -0.15) is 0 Å². The van der Waals surface area contributed by atoms with E-state index in [1.807, 2.05) is 6.92 Å². The Labute approximate surface area is 117 Å². The van der Waals surface area contributed by atoms with Crippen molar-refractivity contribution >= 4 is 17.3 Å². The van der Waals surface area contributed by atoms with Gasteiger partial charge in [0.05, 0.1) is 12.3 Å². The van der Waals surface area contributed by atoms with Crippen LogP contribution < -0.4 is 5.32 Å². The summed E-state index contributed by atoms with van der Waals surface area (Å²) in [5, 5.41) is 4.45. The van der Waals surface area contributed by atoms with E-state index in [-0.39, 0.29) is 5.97 Å². The van der Waals surface area contributed by atoms with E-state index < -0.39 is 0 Å². The SMILES string of the molecule is CCOC(=O)c1sc(CNCC2CC2)nc1C1CC1. The first-order valence-corrected chi connectivity index (χ1v) is 7.97. The second kappa shape index (κ2) is 5.59. The molecule has 0 unspecified atom stereocenters. The monoisotopic (exact) mass is 280 g/mol. The second-order valence-corrected chi connectivity index (χ2v) is 6.47. The first-order valence-electron chi connectivity index (χ1n) is 7.15. The van der Waals surface area contributed by atoms with Crippen LogP contribution in [-0.4, -0.2) is 24.1 Å². The van der Waals surface area contributed by atoms with Crippen LogP contribution >= 0.6 is 11.3 Å². The number of thiazole rings is 1. The first-order chi connectivity index (χ1) is 9.28. The Morgan fingerprint density at radius 1 is 1.42 bits per heavy atom. The molecule has 1 N–H and O–H groups in total. The number of ether oxygens (including phenoxy) is 1. The fraction of sp³-hybridized carbons (Fsp3) is 0.714. The molecule has 2 saturated carbocycles. The number of carbonyl (C=O) groups is 1. The Morgan fingerprint density at radius 3 is 2.84 bits per heavy atom. The standard InChI is InChI=1S/C14H20N2O2S/c1-2-18-14(17)13-12(10-5-6-10)16-11(19-13)8-15-7-9-3-4-9/h9-10,15H,2-8H2,1H3. The lowest BCUT2D eigenvalue weighted by Crippen LogP contribution is -2.15. The second-order valence-electron chi connectivity index (χ2n) is 5.39. The van der Waals surface area contributed by atoms with Gasteiger partial charge >= 0.3 is 5.97 Å². The average molecular weight is 280 g/mol. The number of carbonyl (C=O) groups excluding carboxylic acids is 1. The molecule has 2 aliphatic carbocycles. The summed E-state index contributed by atoms with van der Waals surface area (Å²) in [5.74, 6) is 1.16. The molecule has 5 heteroatoms. The van der Waals surface area contributed by atoms with E-state index in [1.165, 1.54) is 24.2 Å². The van der Waals surface area contributed by atoms with E-state index >= 15 is 0 Å². The summed E-state index contributed by atoms with van der Waals surface area (Å²) in [6.45, 7) is 4.12. The Bertz CT molecular complexity index is 464. The van der Waals surface area contributed by atoms with Crippen molar-refractivity contribution in [1.82, 2.24) is 10.3 Å². The Balaban J connectivity index is 1.66. The van der Waals surface area contributed by atoms with Crippen LogP contribution in [0.4, 0.5) is 0 Å². The molecule has 0 saturated heterocycles. The van der Waals surface area contributed by atoms with Crippen LogP contribution in [0.15, 0.2) is 0 Å². The zero-order valence-corrected chi connectivity index (χ0v) is 12.1. The van der Waals surface area contributed by atoms with Crippen molar-refractivity contribution in [3.05, 3.63) is 15.6 Å². The quantitative estimate of drug-likeness (QED) is 0.780. The third-order valence-corrected chi connectivity index (χ3v) is 4.58. The van der Waals surface area contributed by atoms with Gasteiger partial charge in [-0.05, 0) is 45.1 Å². The van der Waals surface area contributed by atoms with Crippen LogP contribution in [-0.2, 0) is 11.3 Å². The van der Waals surface area contributed by atoms with Crippen LogP contribution in [0.1, 0.15) is 58.9 Å². The molecular weight excluding hydrogens is 260 g/mol. The summed E-state index contributed by atoms with van der Waals surface area (Å²) >= 11 is 1.50. The smallest absolute Gasteiger partial charge is 0.350 e. The van der Waals surface area contributed by atoms with Crippen molar-refractivity contribution in [2.75, 3.05) is 13.2 Å². The molecule has 104 valence electrons. The highest BCUT2D eigenvalue weighted by Crippen LogP contribution is 2.42. The summed E-state index contributed by atoms with van der Waals surface area (Å²) in [7, 11) is 0. The van der Waals surface area contributed by atoms with Crippen LogP contribution in [0, 0.1) is 5.92 Å². The Kier molecular flexibility index (Phi) is 3.84.